The predicted molar refractivity (Wildman–Crippen MR) is 118 cm³/mol. The molecule has 2 N–H and O–H groups in total. The molecule has 1 aromatic carbocycles. The zero-order chi connectivity index (χ0) is 21.5. The maximum Gasteiger partial charge on any atom is 0.481 e. The highest BCUT2D eigenvalue weighted by atomic mass is 16.6. The average molecular weight is 414 g/mol. The Balaban J connectivity index is 1.52. The normalized spacial score (nSPS) is 20.5. The van der Waals surface area contributed by atoms with Crippen molar-refractivity contribution in [3.8, 4) is 0 Å². The van der Waals surface area contributed by atoms with Crippen molar-refractivity contribution in [2.45, 2.75) is 71.3 Å². The Morgan fingerprint density at radius 3 is 2.50 bits per heavy atom. The fourth-order valence-corrected chi connectivity index (χ4v) is 4.45. The first-order valence-electron chi connectivity index (χ1n) is 11.4. The summed E-state index contributed by atoms with van der Waals surface area (Å²) in [5.41, 5.74) is 2.74. The number of benzene rings is 1. The van der Waals surface area contributed by atoms with Crippen molar-refractivity contribution in [1.82, 2.24) is 10.6 Å². The second kappa shape index (κ2) is 11.0. The quantitative estimate of drug-likeness (QED) is 0.610. The Kier molecular flexibility index (Phi) is 8.34. The van der Waals surface area contributed by atoms with Crippen molar-refractivity contribution in [2.75, 3.05) is 13.2 Å². The van der Waals surface area contributed by atoms with Gasteiger partial charge in [0.05, 0.1) is 19.2 Å². The van der Waals surface area contributed by atoms with E-state index < -0.39 is 13.2 Å². The van der Waals surface area contributed by atoms with Crippen LogP contribution in [0.5, 0.6) is 0 Å². The van der Waals surface area contributed by atoms with Gasteiger partial charge in [0, 0.05) is 6.42 Å². The van der Waals surface area contributed by atoms with Crippen LogP contribution < -0.4 is 10.6 Å². The summed E-state index contributed by atoms with van der Waals surface area (Å²) in [6, 6.07) is 7.93. The van der Waals surface area contributed by atoms with Crippen LogP contribution in [0.3, 0.4) is 0 Å². The molecule has 3 rings (SSSR count). The zero-order valence-electron chi connectivity index (χ0n) is 18.5. The summed E-state index contributed by atoms with van der Waals surface area (Å²) in [4.78, 5) is 25.6. The molecule has 1 heterocycles. The maximum absolute atomic E-state index is 12.9. The molecule has 0 spiro atoms. The number of amides is 2. The molecule has 0 aromatic heterocycles. The van der Waals surface area contributed by atoms with E-state index in [2.05, 4.69) is 48.7 Å². The molecule has 2 amide bonds. The number of hydrogen-bond acceptors (Lipinski definition) is 4. The first kappa shape index (κ1) is 22.8. The summed E-state index contributed by atoms with van der Waals surface area (Å²) in [5.74, 6) is 0.307. The molecule has 0 bridgehead atoms. The van der Waals surface area contributed by atoms with Crippen LogP contribution >= 0.6 is 0 Å². The fraction of sp³-hybridized carbons (Fsp3) is 0.652. The van der Waals surface area contributed by atoms with Crippen molar-refractivity contribution >= 4 is 18.9 Å². The second-order valence-corrected chi connectivity index (χ2v) is 8.96. The Morgan fingerprint density at radius 1 is 1.13 bits per heavy atom. The lowest BCUT2D eigenvalue weighted by Crippen LogP contribution is -2.54. The summed E-state index contributed by atoms with van der Waals surface area (Å²) >= 11 is 0. The van der Waals surface area contributed by atoms with E-state index in [0.717, 1.165) is 25.7 Å². The van der Waals surface area contributed by atoms with E-state index in [1.807, 2.05) is 6.92 Å². The standard InChI is InChI=1S/C23H35BN2O4/c1-4-20(23(28)26-21(13-16(2)3)24-29-11-12-30-24)25-22(27)15-17-9-10-18-7-5-6-8-19(18)14-17/h5-8,16-17,20-21H,4,9-15H2,1-3H3,(H,25,27)(H,26,28). The molecule has 1 fully saturated rings. The third kappa shape index (κ3) is 6.32. The van der Waals surface area contributed by atoms with Crippen molar-refractivity contribution in [3.63, 3.8) is 0 Å². The number of fused-ring (bicyclic) bond motifs is 1. The molecule has 7 heteroatoms. The molecule has 6 nitrogen and oxygen atoms in total. The Hall–Kier alpha value is -1.86. The number of nitrogens with one attached hydrogen (secondary N) is 2. The van der Waals surface area contributed by atoms with Gasteiger partial charge >= 0.3 is 7.12 Å². The van der Waals surface area contributed by atoms with Gasteiger partial charge in [-0.05, 0) is 55.1 Å². The van der Waals surface area contributed by atoms with Gasteiger partial charge in [-0.2, -0.15) is 0 Å². The minimum atomic E-state index is -0.538. The van der Waals surface area contributed by atoms with Crippen LogP contribution in [0, 0.1) is 11.8 Å². The van der Waals surface area contributed by atoms with Crippen LogP contribution in [0.15, 0.2) is 24.3 Å². The highest BCUT2D eigenvalue weighted by molar-refractivity contribution is 6.47. The van der Waals surface area contributed by atoms with Crippen molar-refractivity contribution < 1.29 is 18.9 Å². The smallest absolute Gasteiger partial charge is 0.407 e. The van der Waals surface area contributed by atoms with Crippen LogP contribution in [0.1, 0.15) is 57.6 Å². The molecule has 3 atom stereocenters. The van der Waals surface area contributed by atoms with Gasteiger partial charge in [0.1, 0.15) is 6.04 Å². The number of hydrogen-bond donors (Lipinski definition) is 2. The van der Waals surface area contributed by atoms with Crippen molar-refractivity contribution in [1.29, 1.82) is 0 Å². The van der Waals surface area contributed by atoms with Gasteiger partial charge in [-0.3, -0.25) is 9.59 Å². The largest absolute Gasteiger partial charge is 0.481 e. The summed E-state index contributed by atoms with van der Waals surface area (Å²) < 4.78 is 11.2. The molecule has 3 unspecified atom stereocenters. The molecule has 164 valence electrons. The molecule has 1 aliphatic heterocycles. The van der Waals surface area contributed by atoms with Gasteiger partial charge in [-0.15, -0.1) is 0 Å². The van der Waals surface area contributed by atoms with Gasteiger partial charge < -0.3 is 19.9 Å². The molecule has 1 aromatic rings. The van der Waals surface area contributed by atoms with Gasteiger partial charge in [0.2, 0.25) is 11.8 Å². The Labute approximate surface area is 180 Å². The Morgan fingerprint density at radius 2 is 1.83 bits per heavy atom. The van der Waals surface area contributed by atoms with Crippen molar-refractivity contribution in [2.24, 2.45) is 11.8 Å². The fourth-order valence-electron chi connectivity index (χ4n) is 4.45. The lowest BCUT2D eigenvalue weighted by Gasteiger charge is -2.26. The summed E-state index contributed by atoms with van der Waals surface area (Å²) in [6.07, 6.45) is 4.74. The number of rotatable bonds is 9. The minimum absolute atomic E-state index is 0.0462. The molecule has 30 heavy (non-hydrogen) atoms. The Bertz CT molecular complexity index is 721. The summed E-state index contributed by atoms with van der Waals surface area (Å²) in [5, 5.41) is 6.01. The van der Waals surface area contributed by atoms with Gasteiger partial charge in [0.25, 0.3) is 0 Å². The number of carbonyl (C=O) groups is 2. The molecule has 1 saturated heterocycles. The maximum atomic E-state index is 12.9. The number of aryl methyl sites for hydroxylation is 1. The van der Waals surface area contributed by atoms with Gasteiger partial charge in [0.15, 0.2) is 0 Å². The average Bonchev–Trinajstić information content (AvgIpc) is 3.26. The topological polar surface area (TPSA) is 76.7 Å². The van der Waals surface area contributed by atoms with Crippen LogP contribution in [-0.4, -0.2) is 44.1 Å². The monoisotopic (exact) mass is 414 g/mol. The predicted octanol–water partition coefficient (Wildman–Crippen LogP) is 2.68. The molecule has 0 saturated carbocycles. The minimum Gasteiger partial charge on any atom is -0.407 e. The molecule has 0 radical (unpaired) electrons. The third-order valence-electron chi connectivity index (χ3n) is 6.01. The first-order valence-corrected chi connectivity index (χ1v) is 11.4. The molecule has 2 aliphatic rings. The lowest BCUT2D eigenvalue weighted by atomic mass is 9.74. The second-order valence-electron chi connectivity index (χ2n) is 8.96. The van der Waals surface area contributed by atoms with Crippen LogP contribution in [0.25, 0.3) is 0 Å². The summed E-state index contributed by atoms with van der Waals surface area (Å²) in [6.45, 7) is 7.23. The summed E-state index contributed by atoms with van der Waals surface area (Å²) in [7, 11) is -0.410. The van der Waals surface area contributed by atoms with Gasteiger partial charge in [-0.1, -0.05) is 45.0 Å². The SMILES string of the molecule is CCC(NC(=O)CC1CCc2ccccc2C1)C(=O)NC(CC(C)C)B1OCCO1. The molecular weight excluding hydrogens is 379 g/mol. The molecule has 1 aliphatic carbocycles. The van der Waals surface area contributed by atoms with E-state index in [9.17, 15) is 9.59 Å². The van der Waals surface area contributed by atoms with E-state index in [4.69, 9.17) is 9.31 Å². The van der Waals surface area contributed by atoms with E-state index in [0.29, 0.717) is 37.9 Å². The van der Waals surface area contributed by atoms with Crippen LogP contribution in [0.2, 0.25) is 0 Å². The van der Waals surface area contributed by atoms with E-state index in [1.165, 1.54) is 11.1 Å². The number of carbonyl (C=O) groups excluding carboxylic acids is 2. The highest BCUT2D eigenvalue weighted by Gasteiger charge is 2.36. The third-order valence-corrected chi connectivity index (χ3v) is 6.01. The van der Waals surface area contributed by atoms with Crippen LogP contribution in [0.4, 0.5) is 0 Å². The zero-order valence-corrected chi connectivity index (χ0v) is 18.5. The lowest BCUT2D eigenvalue weighted by molar-refractivity contribution is -0.129. The van der Waals surface area contributed by atoms with Gasteiger partial charge in [-0.25, -0.2) is 0 Å². The van der Waals surface area contributed by atoms with Crippen LogP contribution in [-0.2, 0) is 31.7 Å². The highest BCUT2D eigenvalue weighted by Crippen LogP contribution is 2.27. The van der Waals surface area contributed by atoms with E-state index in [-0.39, 0.29) is 17.8 Å². The van der Waals surface area contributed by atoms with Crippen molar-refractivity contribution in [3.05, 3.63) is 35.4 Å². The van der Waals surface area contributed by atoms with E-state index in [1.54, 1.807) is 0 Å². The van der Waals surface area contributed by atoms with E-state index >= 15 is 0 Å². The molecular formula is C23H35BN2O4. The first-order chi connectivity index (χ1) is 14.5.